The Labute approximate surface area is 299 Å². The van der Waals surface area contributed by atoms with Crippen LogP contribution < -0.4 is 0 Å². The van der Waals surface area contributed by atoms with E-state index < -0.39 is 11.2 Å². The first-order chi connectivity index (χ1) is 23.8. The number of rotatable bonds is 2. The molecular formula is C44H56O6. The highest BCUT2D eigenvalue weighted by atomic mass is 16.6. The minimum absolute atomic E-state index is 0.0429. The molecule has 0 heterocycles. The van der Waals surface area contributed by atoms with Gasteiger partial charge in [-0.1, -0.05) is 37.3 Å². The van der Waals surface area contributed by atoms with Gasteiger partial charge in [0.05, 0.1) is 0 Å². The van der Waals surface area contributed by atoms with Crippen LogP contribution in [0.15, 0.2) is 29.8 Å². The van der Waals surface area contributed by atoms with Crippen LogP contribution in [0.2, 0.25) is 0 Å². The van der Waals surface area contributed by atoms with Gasteiger partial charge in [-0.15, -0.1) is 12.8 Å². The second-order valence-electron chi connectivity index (χ2n) is 17.4. The summed E-state index contributed by atoms with van der Waals surface area (Å²) in [6.45, 7) is 7.45. The predicted octanol–water partition coefficient (Wildman–Crippen LogP) is 8.04. The number of phenolic OH excluding ortho intramolecular Hbond substituents is 1. The topological polar surface area (TPSA) is 93.1 Å². The Morgan fingerprint density at radius 3 is 2.22 bits per heavy atom. The van der Waals surface area contributed by atoms with E-state index in [4.69, 9.17) is 22.3 Å². The lowest BCUT2D eigenvalue weighted by Gasteiger charge is -2.55. The van der Waals surface area contributed by atoms with Gasteiger partial charge in [0, 0.05) is 24.7 Å². The van der Waals surface area contributed by atoms with Crippen molar-refractivity contribution in [2.45, 2.75) is 141 Å². The number of hydrogen-bond donors (Lipinski definition) is 2. The first-order valence-electron chi connectivity index (χ1n) is 19.3. The van der Waals surface area contributed by atoms with Crippen LogP contribution in [-0.2, 0) is 25.5 Å². The Kier molecular flexibility index (Phi) is 8.99. The lowest BCUT2D eigenvalue weighted by Crippen LogP contribution is -2.53. The number of carbonyl (C=O) groups is 2. The van der Waals surface area contributed by atoms with Crippen molar-refractivity contribution in [2.75, 3.05) is 0 Å². The second-order valence-corrected chi connectivity index (χ2v) is 17.4. The number of phenols is 1. The van der Waals surface area contributed by atoms with Crippen molar-refractivity contribution in [3.63, 3.8) is 0 Å². The largest absolute Gasteiger partial charge is 0.508 e. The van der Waals surface area contributed by atoms with Crippen LogP contribution in [0.5, 0.6) is 5.75 Å². The molecule has 0 radical (unpaired) electrons. The second kappa shape index (κ2) is 12.8. The van der Waals surface area contributed by atoms with Gasteiger partial charge in [-0.3, -0.25) is 9.59 Å². The maximum atomic E-state index is 11.8. The van der Waals surface area contributed by atoms with Gasteiger partial charge in [-0.05, 0) is 161 Å². The summed E-state index contributed by atoms with van der Waals surface area (Å²) >= 11 is 0. The fourth-order valence-corrected chi connectivity index (χ4v) is 13.1. The monoisotopic (exact) mass is 680 g/mol. The lowest BCUT2D eigenvalue weighted by atomic mass is 9.50. The van der Waals surface area contributed by atoms with Gasteiger partial charge >= 0.3 is 11.9 Å². The fourth-order valence-electron chi connectivity index (χ4n) is 13.1. The van der Waals surface area contributed by atoms with E-state index in [1.54, 1.807) is 0 Å². The van der Waals surface area contributed by atoms with E-state index >= 15 is 0 Å². The first kappa shape index (κ1) is 35.2. The fraction of sp³-hybridized carbons (Fsp3) is 0.682. The van der Waals surface area contributed by atoms with Crippen molar-refractivity contribution in [2.24, 2.45) is 46.3 Å². The zero-order chi connectivity index (χ0) is 35.6. The third-order valence-electron chi connectivity index (χ3n) is 15.5. The van der Waals surface area contributed by atoms with Gasteiger partial charge in [-0.25, -0.2) is 0 Å². The number of aliphatic hydroxyl groups is 1. The molecule has 0 bridgehead atoms. The zero-order valence-electron chi connectivity index (χ0n) is 30.5. The summed E-state index contributed by atoms with van der Waals surface area (Å²) in [4.78, 5) is 23.1. The molecule has 0 aliphatic heterocycles. The smallest absolute Gasteiger partial charge is 0.304 e. The van der Waals surface area contributed by atoms with E-state index in [1.807, 2.05) is 12.1 Å². The predicted molar refractivity (Wildman–Crippen MR) is 192 cm³/mol. The molecule has 5 saturated carbocycles. The van der Waals surface area contributed by atoms with Crippen LogP contribution >= 0.6 is 0 Å². The molecule has 1 aromatic carbocycles. The number of allylic oxidation sites excluding steroid dienone is 1. The molecular weight excluding hydrogens is 624 g/mol. The highest BCUT2D eigenvalue weighted by Gasteiger charge is 2.64. The number of fused-ring (bicyclic) bond motifs is 10. The molecule has 12 unspecified atom stereocenters. The molecule has 2 N–H and O–H groups in total. The Morgan fingerprint density at radius 2 is 1.50 bits per heavy atom. The minimum Gasteiger partial charge on any atom is -0.508 e. The summed E-state index contributed by atoms with van der Waals surface area (Å²) in [7, 11) is 0. The van der Waals surface area contributed by atoms with E-state index in [2.05, 4.69) is 37.8 Å². The molecule has 6 nitrogen and oxygen atoms in total. The van der Waals surface area contributed by atoms with Crippen LogP contribution in [0.1, 0.15) is 128 Å². The van der Waals surface area contributed by atoms with Crippen molar-refractivity contribution >= 4 is 11.9 Å². The number of ether oxygens (including phenoxy) is 2. The van der Waals surface area contributed by atoms with Gasteiger partial charge in [0.1, 0.15) is 17.5 Å². The van der Waals surface area contributed by atoms with Crippen LogP contribution in [0.3, 0.4) is 0 Å². The normalized spacial score (nSPS) is 43.6. The Balaban J connectivity index is 0.000000161. The average molecular weight is 681 g/mol. The van der Waals surface area contributed by atoms with E-state index in [-0.39, 0.29) is 28.9 Å². The van der Waals surface area contributed by atoms with Crippen molar-refractivity contribution in [1.29, 1.82) is 0 Å². The van der Waals surface area contributed by atoms with E-state index in [0.29, 0.717) is 47.2 Å². The molecule has 0 aromatic heterocycles. The van der Waals surface area contributed by atoms with Gasteiger partial charge < -0.3 is 19.7 Å². The van der Waals surface area contributed by atoms with Crippen LogP contribution in [0, 0.1) is 71.0 Å². The van der Waals surface area contributed by atoms with Gasteiger partial charge in [-0.2, -0.15) is 0 Å². The number of esters is 2. The molecule has 268 valence electrons. The zero-order valence-corrected chi connectivity index (χ0v) is 30.5. The van der Waals surface area contributed by atoms with Crippen molar-refractivity contribution in [3.05, 3.63) is 41.0 Å². The minimum atomic E-state index is -0.919. The van der Waals surface area contributed by atoms with Crippen molar-refractivity contribution < 1.29 is 29.3 Å². The third-order valence-corrected chi connectivity index (χ3v) is 15.5. The van der Waals surface area contributed by atoms with Crippen LogP contribution in [0.4, 0.5) is 0 Å². The summed E-state index contributed by atoms with van der Waals surface area (Å²) in [5.74, 6) is 9.76. The molecule has 0 amide bonds. The molecule has 7 aliphatic carbocycles. The van der Waals surface area contributed by atoms with E-state index in [0.717, 1.165) is 83.5 Å². The summed E-state index contributed by atoms with van der Waals surface area (Å²) in [5, 5.41) is 20.6. The Bertz CT molecular complexity index is 1650. The summed E-state index contributed by atoms with van der Waals surface area (Å²) in [6, 6.07) is 5.87. The van der Waals surface area contributed by atoms with Gasteiger partial charge in [0.25, 0.3) is 0 Å². The van der Waals surface area contributed by atoms with Gasteiger partial charge in [0.2, 0.25) is 0 Å². The molecule has 1 aromatic rings. The Hall–Kier alpha value is -3.22. The van der Waals surface area contributed by atoms with E-state index in [1.165, 1.54) is 37.0 Å². The SMILES string of the molecule is C#CC1(O)CCC2C3CCc4cc(O)ccc4C3CCC21C.C#CC1(OC(C)=O)CCC2C3CCC4=CC(OC(C)=O)CCC4C3CCC21C. The number of carbonyl (C=O) groups excluding carboxylic acids is 2. The summed E-state index contributed by atoms with van der Waals surface area (Å²) < 4.78 is 11.3. The van der Waals surface area contributed by atoms with Gasteiger partial charge in [0.15, 0.2) is 5.60 Å². The lowest BCUT2D eigenvalue weighted by molar-refractivity contribution is -0.167. The molecule has 5 fully saturated rings. The number of hydrogen-bond acceptors (Lipinski definition) is 6. The standard InChI is InChI=1S/C24H32O4.C20H24O2/c1-5-24(28-16(3)26)13-11-22-21-8-6-17-14-18(27-15(2)25)7-9-19(17)20(21)10-12-23(22,24)4;1-3-20(22)11-9-18-17-6-4-13-12-14(21)5-7-15(13)16(17)8-10-19(18,20)2/h1,14,18-22H,6-13H2,2-4H3;1,5,7,12,16-18,21-22H,4,6,8-11H2,2H3. The highest BCUT2D eigenvalue weighted by Crippen LogP contribution is 2.66. The molecule has 0 saturated heterocycles. The molecule has 8 rings (SSSR count). The first-order valence-corrected chi connectivity index (χ1v) is 19.3. The summed E-state index contributed by atoms with van der Waals surface area (Å²) in [6.07, 6.45) is 28.2. The molecule has 50 heavy (non-hydrogen) atoms. The summed E-state index contributed by atoms with van der Waals surface area (Å²) in [5.41, 5.74) is 2.34. The van der Waals surface area contributed by atoms with E-state index in [9.17, 15) is 19.8 Å². The number of aryl methyl sites for hydroxylation is 1. The third kappa shape index (κ3) is 5.43. The molecule has 7 aliphatic rings. The molecule has 12 atom stereocenters. The number of aromatic hydroxyl groups is 1. The van der Waals surface area contributed by atoms with Crippen molar-refractivity contribution in [1.82, 2.24) is 0 Å². The number of benzene rings is 1. The maximum Gasteiger partial charge on any atom is 0.304 e. The Morgan fingerprint density at radius 1 is 0.780 bits per heavy atom. The number of terminal acetylenes is 2. The van der Waals surface area contributed by atoms with Crippen LogP contribution in [-0.4, -0.2) is 39.5 Å². The maximum absolute atomic E-state index is 11.8. The molecule has 6 heteroatoms. The van der Waals surface area contributed by atoms with Crippen LogP contribution in [0.25, 0.3) is 0 Å². The highest BCUT2D eigenvalue weighted by molar-refractivity contribution is 5.67. The quantitative estimate of drug-likeness (QED) is 0.187. The molecule has 0 spiro atoms. The average Bonchev–Trinajstić information content (AvgIpc) is 3.53. The van der Waals surface area contributed by atoms with Crippen molar-refractivity contribution in [3.8, 4) is 30.4 Å².